The molecule has 4 nitrogen and oxygen atoms in total. The Morgan fingerprint density at radius 2 is 2.21 bits per heavy atom. The van der Waals surface area contributed by atoms with Crippen LogP contribution in [0.3, 0.4) is 0 Å². The highest BCUT2D eigenvalue weighted by Gasteiger charge is 2.35. The number of halogens is 2. The minimum Gasteiger partial charge on any atom is -0.329 e. The molecule has 1 aliphatic rings. The van der Waals surface area contributed by atoms with Gasteiger partial charge < -0.3 is 5.73 Å². The number of nitrogens with two attached hydrogens (primary N) is 1. The minimum atomic E-state index is -3.44. The Hall–Kier alpha value is 0.150. The van der Waals surface area contributed by atoms with Crippen molar-refractivity contribution in [3.63, 3.8) is 0 Å². The zero-order valence-corrected chi connectivity index (χ0v) is 13.8. The molecular formula is C11H18Cl2N2O2S2. The maximum absolute atomic E-state index is 12.5. The zero-order chi connectivity index (χ0) is 13.3. The molecular weight excluding hydrogens is 327 g/mol. The second kappa shape index (κ2) is 6.74. The smallest absolute Gasteiger partial charge is 0.252 e. The van der Waals surface area contributed by atoms with Gasteiger partial charge in [0.1, 0.15) is 4.21 Å². The lowest BCUT2D eigenvalue weighted by molar-refractivity contribution is 0.211. The van der Waals surface area contributed by atoms with Crippen LogP contribution in [-0.2, 0) is 10.0 Å². The third-order valence-corrected chi connectivity index (χ3v) is 6.96. The lowest BCUT2D eigenvalue weighted by Gasteiger charge is -2.36. The van der Waals surface area contributed by atoms with E-state index in [1.807, 2.05) is 0 Å². The van der Waals surface area contributed by atoms with Gasteiger partial charge in [0.2, 0.25) is 0 Å². The van der Waals surface area contributed by atoms with Gasteiger partial charge in [-0.05, 0) is 30.9 Å². The third kappa shape index (κ3) is 3.62. The van der Waals surface area contributed by atoms with Crippen LogP contribution in [0.15, 0.2) is 16.3 Å². The summed E-state index contributed by atoms with van der Waals surface area (Å²) < 4.78 is 27.3. The zero-order valence-electron chi connectivity index (χ0n) is 10.6. The molecule has 2 heterocycles. The third-order valence-electron chi connectivity index (χ3n) is 3.31. The van der Waals surface area contributed by atoms with Gasteiger partial charge in [0.25, 0.3) is 10.0 Å². The molecule has 1 aliphatic heterocycles. The average molecular weight is 345 g/mol. The van der Waals surface area contributed by atoms with Gasteiger partial charge in [-0.15, -0.1) is 23.7 Å². The first-order chi connectivity index (χ1) is 8.45. The first kappa shape index (κ1) is 17.2. The van der Waals surface area contributed by atoms with Crippen molar-refractivity contribution in [1.29, 1.82) is 0 Å². The van der Waals surface area contributed by atoms with E-state index >= 15 is 0 Å². The van der Waals surface area contributed by atoms with Crippen LogP contribution in [0.25, 0.3) is 0 Å². The van der Waals surface area contributed by atoms with E-state index in [0.717, 1.165) is 24.2 Å². The largest absolute Gasteiger partial charge is 0.329 e. The molecule has 1 aromatic rings. The molecule has 0 aromatic carbocycles. The van der Waals surface area contributed by atoms with E-state index in [0.29, 0.717) is 27.6 Å². The fourth-order valence-electron chi connectivity index (χ4n) is 2.31. The van der Waals surface area contributed by atoms with Gasteiger partial charge in [-0.2, -0.15) is 4.31 Å². The van der Waals surface area contributed by atoms with E-state index in [1.165, 1.54) is 4.31 Å². The Bertz CT molecular complexity index is 519. The van der Waals surface area contributed by atoms with E-state index < -0.39 is 10.0 Å². The maximum atomic E-state index is 12.5. The van der Waals surface area contributed by atoms with Crippen molar-refractivity contribution in [1.82, 2.24) is 4.31 Å². The summed E-state index contributed by atoms with van der Waals surface area (Å²) in [4.78, 5) is 0. The molecule has 110 valence electrons. The monoisotopic (exact) mass is 344 g/mol. The SMILES string of the molecule is CC1CCN(S(=O)(=O)c2ccc(Cl)s2)C(CN)C1.Cl. The number of hydrogen-bond acceptors (Lipinski definition) is 4. The van der Waals surface area contributed by atoms with Crippen LogP contribution in [-0.4, -0.2) is 31.9 Å². The Morgan fingerprint density at radius 1 is 1.53 bits per heavy atom. The molecule has 1 aromatic heterocycles. The van der Waals surface area contributed by atoms with Crippen molar-refractivity contribution < 1.29 is 8.42 Å². The summed E-state index contributed by atoms with van der Waals surface area (Å²) in [6, 6.07) is 3.08. The average Bonchev–Trinajstić information content (AvgIpc) is 2.76. The number of nitrogens with zero attached hydrogens (tertiary/aromatic N) is 1. The van der Waals surface area contributed by atoms with E-state index in [2.05, 4.69) is 6.92 Å². The summed E-state index contributed by atoms with van der Waals surface area (Å²) >= 11 is 6.91. The number of piperidine rings is 1. The molecule has 0 spiro atoms. The Balaban J connectivity index is 0.00000180. The Morgan fingerprint density at radius 3 is 2.74 bits per heavy atom. The van der Waals surface area contributed by atoms with Gasteiger partial charge >= 0.3 is 0 Å². The predicted octanol–water partition coefficient (Wildman–Crippen LogP) is 2.57. The highest BCUT2D eigenvalue weighted by atomic mass is 35.5. The highest BCUT2D eigenvalue weighted by molar-refractivity contribution is 7.91. The molecule has 0 amide bonds. The van der Waals surface area contributed by atoms with Gasteiger partial charge in [0, 0.05) is 19.1 Å². The Labute approximate surface area is 129 Å². The second-order valence-corrected chi connectivity index (χ2v) is 8.53. The van der Waals surface area contributed by atoms with Crippen molar-refractivity contribution in [3.8, 4) is 0 Å². The van der Waals surface area contributed by atoms with E-state index in [9.17, 15) is 8.42 Å². The summed E-state index contributed by atoms with van der Waals surface area (Å²) in [5.74, 6) is 0.525. The molecule has 8 heteroatoms. The van der Waals surface area contributed by atoms with Crippen LogP contribution in [0, 0.1) is 5.92 Å². The van der Waals surface area contributed by atoms with Gasteiger partial charge in [-0.25, -0.2) is 8.42 Å². The molecule has 0 radical (unpaired) electrons. The van der Waals surface area contributed by atoms with Gasteiger partial charge in [0.05, 0.1) is 4.34 Å². The first-order valence-electron chi connectivity index (χ1n) is 5.92. The number of rotatable bonds is 3. The van der Waals surface area contributed by atoms with Crippen molar-refractivity contribution in [3.05, 3.63) is 16.5 Å². The quantitative estimate of drug-likeness (QED) is 0.916. The Kier molecular flexibility index (Phi) is 6.10. The van der Waals surface area contributed by atoms with E-state index in [-0.39, 0.29) is 18.4 Å². The summed E-state index contributed by atoms with van der Waals surface area (Å²) in [5.41, 5.74) is 5.71. The summed E-state index contributed by atoms with van der Waals surface area (Å²) in [6.07, 6.45) is 1.71. The minimum absolute atomic E-state index is 0. The standard InChI is InChI=1S/C11H17ClN2O2S2.ClH/c1-8-4-5-14(9(6-8)7-13)18(15,16)11-3-2-10(12)17-11;/h2-3,8-9H,4-7,13H2,1H3;1H. The lowest BCUT2D eigenvalue weighted by Crippen LogP contribution is -2.48. The molecule has 1 fully saturated rings. The number of hydrogen-bond donors (Lipinski definition) is 1. The van der Waals surface area contributed by atoms with Gasteiger partial charge in [0.15, 0.2) is 0 Å². The predicted molar refractivity (Wildman–Crippen MR) is 81.7 cm³/mol. The van der Waals surface area contributed by atoms with Crippen molar-refractivity contribution in [2.75, 3.05) is 13.1 Å². The fraction of sp³-hybridized carbons (Fsp3) is 0.636. The lowest BCUT2D eigenvalue weighted by atomic mass is 9.94. The molecule has 2 N–H and O–H groups in total. The van der Waals surface area contributed by atoms with Crippen molar-refractivity contribution in [2.45, 2.75) is 30.0 Å². The summed E-state index contributed by atoms with van der Waals surface area (Å²) in [6.45, 7) is 3.04. The van der Waals surface area contributed by atoms with Crippen LogP contribution < -0.4 is 5.73 Å². The molecule has 19 heavy (non-hydrogen) atoms. The molecule has 0 bridgehead atoms. The molecule has 2 unspecified atom stereocenters. The van der Waals surface area contributed by atoms with Crippen molar-refractivity contribution in [2.24, 2.45) is 11.7 Å². The molecule has 0 saturated carbocycles. The fourth-order valence-corrected chi connectivity index (χ4v) is 5.59. The first-order valence-corrected chi connectivity index (χ1v) is 8.56. The van der Waals surface area contributed by atoms with Gasteiger partial charge in [-0.3, -0.25) is 0 Å². The van der Waals surface area contributed by atoms with Crippen LogP contribution in [0.1, 0.15) is 19.8 Å². The normalized spacial score (nSPS) is 25.0. The number of sulfonamides is 1. The summed E-state index contributed by atoms with van der Waals surface area (Å²) in [7, 11) is -3.44. The maximum Gasteiger partial charge on any atom is 0.252 e. The molecule has 2 atom stereocenters. The second-order valence-electron chi connectivity index (χ2n) is 4.69. The van der Waals surface area contributed by atoms with Crippen molar-refractivity contribution >= 4 is 45.4 Å². The molecule has 1 saturated heterocycles. The summed E-state index contributed by atoms with van der Waals surface area (Å²) in [5, 5.41) is 0. The molecule has 2 rings (SSSR count). The van der Waals surface area contributed by atoms with Crippen LogP contribution in [0.2, 0.25) is 4.34 Å². The van der Waals surface area contributed by atoms with Crippen LogP contribution >= 0.6 is 35.3 Å². The highest BCUT2D eigenvalue weighted by Crippen LogP contribution is 2.32. The number of thiophene rings is 1. The van der Waals surface area contributed by atoms with E-state index in [1.54, 1.807) is 12.1 Å². The molecule has 0 aliphatic carbocycles. The van der Waals surface area contributed by atoms with E-state index in [4.69, 9.17) is 17.3 Å². The van der Waals surface area contributed by atoms with Gasteiger partial charge in [-0.1, -0.05) is 18.5 Å². The topological polar surface area (TPSA) is 63.4 Å². The van der Waals surface area contributed by atoms with Crippen LogP contribution in [0.5, 0.6) is 0 Å². The van der Waals surface area contributed by atoms with Crippen LogP contribution in [0.4, 0.5) is 0 Å².